The van der Waals surface area contributed by atoms with E-state index in [4.69, 9.17) is 19.9 Å². The summed E-state index contributed by atoms with van der Waals surface area (Å²) in [5, 5.41) is 0.273. The largest absolute Gasteiger partial charge is 0.375 e. The number of carbonyl (C=O) groups excluding carboxylic acids is 1. The highest BCUT2D eigenvalue weighted by Gasteiger charge is 2.41. The van der Waals surface area contributed by atoms with Crippen LogP contribution in [0.25, 0.3) is 0 Å². The normalized spacial score (nSPS) is 11.7. The fourth-order valence-corrected chi connectivity index (χ4v) is 3.22. The zero-order chi connectivity index (χ0) is 18.2. The Morgan fingerprint density at radius 1 is 1.12 bits per heavy atom. The molecule has 0 saturated carbocycles. The summed E-state index contributed by atoms with van der Waals surface area (Å²) in [7, 11) is 4.30. The summed E-state index contributed by atoms with van der Waals surface area (Å²) >= 11 is 1.13. The van der Waals surface area contributed by atoms with E-state index in [2.05, 4.69) is 18.8 Å². The van der Waals surface area contributed by atoms with Gasteiger partial charge in [-0.15, -0.1) is 0 Å². The van der Waals surface area contributed by atoms with E-state index in [-0.39, 0.29) is 16.7 Å². The molecule has 7 nitrogen and oxygen atoms in total. The maximum absolute atomic E-state index is 13.1. The second kappa shape index (κ2) is 9.93. The van der Waals surface area contributed by atoms with Crippen LogP contribution >= 0.6 is 11.3 Å². The number of rotatable bonds is 11. The van der Waals surface area contributed by atoms with Crippen LogP contribution in [-0.4, -0.2) is 50.2 Å². The van der Waals surface area contributed by atoms with E-state index < -0.39 is 5.97 Å². The predicted octanol–water partition coefficient (Wildman–Crippen LogP) is 2.82. The molecular formula is C16H29N3O4S. The lowest BCUT2D eigenvalue weighted by molar-refractivity contribution is -0.366. The molecule has 0 atom stereocenters. The first kappa shape index (κ1) is 20.8. The van der Waals surface area contributed by atoms with Crippen molar-refractivity contribution in [2.24, 2.45) is 0 Å². The number of nitrogens with zero attached hydrogens (tertiary/aromatic N) is 2. The molecule has 2 N–H and O–H groups in total. The smallest absolute Gasteiger partial charge is 0.330 e. The molecule has 1 rings (SSSR count). The van der Waals surface area contributed by atoms with Crippen LogP contribution < -0.4 is 5.73 Å². The lowest BCUT2D eigenvalue weighted by Gasteiger charge is -2.28. The lowest BCUT2D eigenvalue weighted by Crippen LogP contribution is -2.38. The summed E-state index contributed by atoms with van der Waals surface area (Å²) < 4.78 is 16.0. The molecule has 0 radical (unpaired) electrons. The van der Waals surface area contributed by atoms with Gasteiger partial charge in [-0.2, -0.15) is 0 Å². The molecule has 0 aliphatic heterocycles. The van der Waals surface area contributed by atoms with E-state index in [0.717, 1.165) is 37.0 Å². The van der Waals surface area contributed by atoms with Crippen LogP contribution in [0.4, 0.5) is 5.13 Å². The second-order valence-corrected chi connectivity index (χ2v) is 6.43. The van der Waals surface area contributed by atoms with E-state index in [0.29, 0.717) is 18.0 Å². The van der Waals surface area contributed by atoms with Crippen molar-refractivity contribution in [3.63, 3.8) is 0 Å². The predicted molar refractivity (Wildman–Crippen MR) is 95.0 cm³/mol. The number of carbonyl (C=O) groups is 1. The third-order valence-electron chi connectivity index (χ3n) is 3.78. The second-order valence-electron chi connectivity index (χ2n) is 5.40. The van der Waals surface area contributed by atoms with Gasteiger partial charge in [0.2, 0.25) is 0 Å². The van der Waals surface area contributed by atoms with Crippen LogP contribution in [-0.2, 0) is 20.2 Å². The summed E-state index contributed by atoms with van der Waals surface area (Å²) in [6, 6.07) is 0. The third kappa shape index (κ3) is 4.66. The summed E-state index contributed by atoms with van der Waals surface area (Å²) in [5.41, 5.74) is 6.11. The Hall–Kier alpha value is -1.22. The molecule has 138 valence electrons. The fourth-order valence-electron chi connectivity index (χ4n) is 2.39. The summed E-state index contributed by atoms with van der Waals surface area (Å²) in [4.78, 5) is 19.5. The molecule has 1 amide bonds. The minimum Gasteiger partial charge on any atom is -0.375 e. The monoisotopic (exact) mass is 359 g/mol. The molecule has 0 aliphatic rings. The molecule has 1 heterocycles. The average molecular weight is 359 g/mol. The molecule has 8 heteroatoms. The molecule has 0 fully saturated rings. The molecule has 24 heavy (non-hydrogen) atoms. The molecule has 0 saturated heterocycles. The Kier molecular flexibility index (Phi) is 8.61. The number of ether oxygens (including phenoxy) is 3. The van der Waals surface area contributed by atoms with Crippen molar-refractivity contribution in [1.29, 1.82) is 0 Å². The van der Waals surface area contributed by atoms with Crippen LogP contribution in [0.2, 0.25) is 0 Å². The van der Waals surface area contributed by atoms with Crippen molar-refractivity contribution in [2.45, 2.75) is 45.5 Å². The van der Waals surface area contributed by atoms with E-state index in [1.807, 2.05) is 4.90 Å². The van der Waals surface area contributed by atoms with Gasteiger partial charge in [0.25, 0.3) is 5.91 Å². The van der Waals surface area contributed by atoms with Gasteiger partial charge in [-0.1, -0.05) is 38.0 Å². The van der Waals surface area contributed by atoms with Crippen LogP contribution in [0, 0.1) is 0 Å². The van der Waals surface area contributed by atoms with Gasteiger partial charge in [-0.3, -0.25) is 4.79 Å². The Balaban J connectivity index is 3.20. The molecule has 1 aromatic heterocycles. The van der Waals surface area contributed by atoms with Gasteiger partial charge < -0.3 is 24.8 Å². The zero-order valence-electron chi connectivity index (χ0n) is 15.3. The summed E-state index contributed by atoms with van der Waals surface area (Å²) in [6.07, 6.45) is 3.93. The van der Waals surface area contributed by atoms with Gasteiger partial charge in [0.05, 0.1) is 0 Å². The number of aromatic nitrogens is 1. The Morgan fingerprint density at radius 3 is 2.04 bits per heavy atom. The molecule has 0 spiro atoms. The first-order chi connectivity index (χ1) is 11.5. The number of thiazole rings is 1. The number of hydrogen-bond acceptors (Lipinski definition) is 7. The minimum absolute atomic E-state index is 0.114. The van der Waals surface area contributed by atoms with E-state index in [9.17, 15) is 4.79 Å². The van der Waals surface area contributed by atoms with Crippen molar-refractivity contribution < 1.29 is 19.0 Å². The number of amides is 1. The van der Waals surface area contributed by atoms with Gasteiger partial charge in [0.15, 0.2) is 10.8 Å². The van der Waals surface area contributed by atoms with E-state index >= 15 is 0 Å². The number of methoxy groups -OCH3 is 3. The Labute approximate surface area is 148 Å². The number of hydrogen-bond donors (Lipinski definition) is 1. The van der Waals surface area contributed by atoms with Crippen LogP contribution in [0.5, 0.6) is 0 Å². The van der Waals surface area contributed by atoms with Crippen molar-refractivity contribution in [2.75, 3.05) is 40.2 Å². The lowest BCUT2D eigenvalue weighted by atomic mass is 10.2. The van der Waals surface area contributed by atoms with Crippen molar-refractivity contribution in [3.8, 4) is 0 Å². The summed E-state index contributed by atoms with van der Waals surface area (Å²) in [5.74, 6) is -1.66. The van der Waals surface area contributed by atoms with Gasteiger partial charge >= 0.3 is 5.97 Å². The van der Waals surface area contributed by atoms with Crippen LogP contribution in [0.3, 0.4) is 0 Å². The quantitative estimate of drug-likeness (QED) is 0.611. The minimum atomic E-state index is -1.54. The Morgan fingerprint density at radius 2 is 1.62 bits per heavy atom. The first-order valence-electron chi connectivity index (χ1n) is 8.21. The average Bonchev–Trinajstić information content (AvgIpc) is 2.99. The van der Waals surface area contributed by atoms with Crippen LogP contribution in [0.1, 0.15) is 54.9 Å². The van der Waals surface area contributed by atoms with Crippen molar-refractivity contribution in [1.82, 2.24) is 9.88 Å². The highest BCUT2D eigenvalue weighted by molar-refractivity contribution is 7.17. The van der Waals surface area contributed by atoms with Gasteiger partial charge in [0, 0.05) is 34.4 Å². The fraction of sp³-hybridized carbons (Fsp3) is 0.750. The van der Waals surface area contributed by atoms with Crippen molar-refractivity contribution >= 4 is 22.4 Å². The van der Waals surface area contributed by atoms with Crippen LogP contribution in [0.15, 0.2) is 0 Å². The SMILES string of the molecule is CCCCN(CCCC)C(=O)c1sc(N)nc1C(OC)(OC)OC. The van der Waals surface area contributed by atoms with Crippen molar-refractivity contribution in [3.05, 3.63) is 10.6 Å². The Bertz CT molecular complexity index is 501. The molecule has 1 aromatic rings. The standard InChI is InChI=1S/C16H29N3O4S/c1-6-8-10-19(11-9-7-2)14(20)12-13(18-15(17)24-12)16(21-3,22-4)23-5/h6-11H2,1-5H3,(H2,17,18). The first-order valence-corrected chi connectivity index (χ1v) is 9.02. The molecule has 0 aromatic carbocycles. The maximum Gasteiger partial charge on any atom is 0.330 e. The third-order valence-corrected chi connectivity index (χ3v) is 4.66. The summed E-state index contributed by atoms with van der Waals surface area (Å²) in [6.45, 7) is 5.60. The highest BCUT2D eigenvalue weighted by atomic mass is 32.1. The molecule has 0 unspecified atom stereocenters. The topological polar surface area (TPSA) is 86.9 Å². The van der Waals surface area contributed by atoms with E-state index in [1.54, 1.807) is 0 Å². The number of anilines is 1. The van der Waals surface area contributed by atoms with Gasteiger partial charge in [-0.25, -0.2) is 4.98 Å². The molecular weight excluding hydrogens is 330 g/mol. The van der Waals surface area contributed by atoms with Gasteiger partial charge in [-0.05, 0) is 12.8 Å². The highest BCUT2D eigenvalue weighted by Crippen LogP contribution is 2.34. The molecule has 0 bridgehead atoms. The van der Waals surface area contributed by atoms with Gasteiger partial charge in [0.1, 0.15) is 4.88 Å². The van der Waals surface area contributed by atoms with E-state index in [1.165, 1.54) is 21.3 Å². The maximum atomic E-state index is 13.1. The number of nitrogen functional groups attached to an aromatic ring is 1. The number of nitrogens with two attached hydrogens (primary N) is 1. The number of unbranched alkanes of at least 4 members (excludes halogenated alkanes) is 2. The zero-order valence-corrected chi connectivity index (χ0v) is 16.1. The molecule has 0 aliphatic carbocycles.